The topological polar surface area (TPSA) is 56.0 Å². The van der Waals surface area contributed by atoms with Crippen molar-refractivity contribution in [3.8, 4) is 0 Å². The Morgan fingerprint density at radius 2 is 2.21 bits per heavy atom. The normalized spacial score (nSPS) is 10.6. The first-order valence-electron chi connectivity index (χ1n) is 3.22. The third-order valence-electron chi connectivity index (χ3n) is 1.37. The molecule has 1 rings (SSSR count). The van der Waals surface area contributed by atoms with Gasteiger partial charge in [0.2, 0.25) is 0 Å². The van der Waals surface area contributed by atoms with Crippen LogP contribution in [0.5, 0.6) is 0 Å². The molecular formula is C6H2BrClF2N2O2. The molecule has 0 aromatic carbocycles. The van der Waals surface area contributed by atoms with Crippen LogP contribution in [0.3, 0.4) is 0 Å². The second-order valence-electron chi connectivity index (χ2n) is 2.23. The Morgan fingerprint density at radius 1 is 1.64 bits per heavy atom. The van der Waals surface area contributed by atoms with Gasteiger partial charge in [0.25, 0.3) is 12.1 Å². The predicted octanol–water partition coefficient (Wildman–Crippen LogP) is 3.34. The molecule has 0 spiro atoms. The summed E-state index contributed by atoms with van der Waals surface area (Å²) in [6.45, 7) is 0. The molecule has 8 heteroatoms. The lowest BCUT2D eigenvalue weighted by molar-refractivity contribution is -0.386. The van der Waals surface area contributed by atoms with Crippen LogP contribution in [-0.2, 0) is 0 Å². The van der Waals surface area contributed by atoms with Crippen molar-refractivity contribution in [3.63, 3.8) is 0 Å². The van der Waals surface area contributed by atoms with Crippen molar-refractivity contribution in [2.75, 3.05) is 0 Å². The summed E-state index contributed by atoms with van der Waals surface area (Å²) in [5.74, 6) is 0. The first-order valence-corrected chi connectivity index (χ1v) is 4.39. The number of hydrogen-bond donors (Lipinski definition) is 0. The third-order valence-corrected chi connectivity index (χ3v) is 2.07. The van der Waals surface area contributed by atoms with Gasteiger partial charge in [-0.3, -0.25) is 10.1 Å². The van der Waals surface area contributed by atoms with E-state index in [1.807, 2.05) is 0 Å². The molecular weight excluding hydrogens is 285 g/mol. The first kappa shape index (κ1) is 11.3. The highest BCUT2D eigenvalue weighted by Gasteiger charge is 2.26. The molecule has 0 aliphatic carbocycles. The molecule has 4 nitrogen and oxygen atoms in total. The summed E-state index contributed by atoms with van der Waals surface area (Å²) >= 11 is 8.17. The second kappa shape index (κ2) is 4.14. The molecule has 0 bridgehead atoms. The van der Waals surface area contributed by atoms with Gasteiger partial charge >= 0.3 is 0 Å². The molecule has 0 atom stereocenters. The van der Waals surface area contributed by atoms with Crippen LogP contribution in [-0.4, -0.2) is 9.91 Å². The number of nitro groups is 1. The summed E-state index contributed by atoms with van der Waals surface area (Å²) in [5, 5.41) is 9.83. The van der Waals surface area contributed by atoms with Gasteiger partial charge in [-0.15, -0.1) is 0 Å². The Bertz CT molecular complexity index is 388. The fraction of sp³-hybridized carbons (Fsp3) is 0.167. The number of pyridine rings is 1. The molecule has 0 aliphatic heterocycles. The zero-order valence-electron chi connectivity index (χ0n) is 6.38. The van der Waals surface area contributed by atoms with Crippen LogP contribution in [0.25, 0.3) is 0 Å². The van der Waals surface area contributed by atoms with E-state index in [9.17, 15) is 18.9 Å². The molecule has 76 valence electrons. The van der Waals surface area contributed by atoms with Crippen molar-refractivity contribution in [1.82, 2.24) is 4.98 Å². The molecule has 0 unspecified atom stereocenters. The quantitative estimate of drug-likeness (QED) is 0.476. The van der Waals surface area contributed by atoms with Crippen molar-refractivity contribution < 1.29 is 13.7 Å². The molecule has 0 N–H and O–H groups in total. The Labute approximate surface area is 90.2 Å². The van der Waals surface area contributed by atoms with Crippen LogP contribution in [0.15, 0.2) is 10.7 Å². The monoisotopic (exact) mass is 286 g/mol. The van der Waals surface area contributed by atoms with E-state index < -0.39 is 27.8 Å². The summed E-state index contributed by atoms with van der Waals surface area (Å²) < 4.78 is 24.7. The third kappa shape index (κ3) is 2.16. The maximum absolute atomic E-state index is 12.3. The van der Waals surface area contributed by atoms with Crippen molar-refractivity contribution in [3.05, 3.63) is 31.5 Å². The molecule has 0 saturated carbocycles. The molecule has 0 amide bonds. The number of aromatic nitrogens is 1. The fourth-order valence-electron chi connectivity index (χ4n) is 0.835. The van der Waals surface area contributed by atoms with Gasteiger partial charge in [-0.1, -0.05) is 11.6 Å². The van der Waals surface area contributed by atoms with Gasteiger partial charge in [0.15, 0.2) is 0 Å². The van der Waals surface area contributed by atoms with Gasteiger partial charge in [-0.05, 0) is 15.9 Å². The molecule has 1 aromatic heterocycles. The van der Waals surface area contributed by atoms with Gasteiger partial charge in [0, 0.05) is 6.07 Å². The maximum Gasteiger partial charge on any atom is 0.284 e. The van der Waals surface area contributed by atoms with E-state index >= 15 is 0 Å². The van der Waals surface area contributed by atoms with Crippen LogP contribution in [0.2, 0.25) is 5.15 Å². The minimum absolute atomic E-state index is 0.0404. The molecule has 0 radical (unpaired) electrons. The Morgan fingerprint density at radius 3 is 2.64 bits per heavy atom. The minimum Gasteiger partial charge on any atom is -0.258 e. The zero-order chi connectivity index (χ0) is 10.9. The summed E-state index contributed by atoms with van der Waals surface area (Å²) in [7, 11) is 0. The highest BCUT2D eigenvalue weighted by atomic mass is 79.9. The Balaban J connectivity index is 3.44. The zero-order valence-corrected chi connectivity index (χ0v) is 8.72. The summed E-state index contributed by atoms with van der Waals surface area (Å²) in [6.07, 6.45) is -3.02. The summed E-state index contributed by atoms with van der Waals surface area (Å²) in [4.78, 5) is 12.9. The van der Waals surface area contributed by atoms with Crippen LogP contribution in [0.1, 0.15) is 12.0 Å². The lowest BCUT2D eigenvalue weighted by Crippen LogP contribution is -1.99. The highest BCUT2D eigenvalue weighted by molar-refractivity contribution is 9.10. The van der Waals surface area contributed by atoms with Crippen molar-refractivity contribution in [2.45, 2.75) is 6.43 Å². The van der Waals surface area contributed by atoms with Crippen LogP contribution >= 0.6 is 27.5 Å². The van der Waals surface area contributed by atoms with Gasteiger partial charge in [-0.2, -0.15) is 0 Å². The number of alkyl halides is 2. The number of rotatable bonds is 2. The van der Waals surface area contributed by atoms with E-state index in [0.717, 1.165) is 6.07 Å². The highest BCUT2D eigenvalue weighted by Crippen LogP contribution is 2.35. The number of halogens is 4. The molecule has 0 saturated heterocycles. The van der Waals surface area contributed by atoms with Gasteiger partial charge in [0.05, 0.1) is 4.92 Å². The van der Waals surface area contributed by atoms with Crippen LogP contribution in [0.4, 0.5) is 14.5 Å². The van der Waals surface area contributed by atoms with Gasteiger partial charge in [-0.25, -0.2) is 13.8 Å². The average Bonchev–Trinajstić information content (AvgIpc) is 2.01. The molecule has 14 heavy (non-hydrogen) atoms. The summed E-state index contributed by atoms with van der Waals surface area (Å²) in [6, 6.07) is 0.882. The standard InChI is InChI=1S/C6H2BrClF2N2O2/c7-3-1-2(12(13)14)4(6(9)10)5(8)11-3/h1,6H. The Hall–Kier alpha value is -0.820. The van der Waals surface area contributed by atoms with Crippen LogP contribution < -0.4 is 0 Å². The molecule has 1 aromatic rings. The van der Waals surface area contributed by atoms with Crippen molar-refractivity contribution in [1.29, 1.82) is 0 Å². The van der Waals surface area contributed by atoms with E-state index in [1.165, 1.54) is 0 Å². The van der Waals surface area contributed by atoms with E-state index in [0.29, 0.717) is 0 Å². The van der Waals surface area contributed by atoms with E-state index in [-0.39, 0.29) is 4.60 Å². The average molecular weight is 287 g/mol. The molecule has 0 fully saturated rings. The second-order valence-corrected chi connectivity index (χ2v) is 3.40. The van der Waals surface area contributed by atoms with Crippen molar-refractivity contribution in [2.24, 2.45) is 0 Å². The van der Waals surface area contributed by atoms with Crippen molar-refractivity contribution >= 4 is 33.2 Å². The molecule has 0 aliphatic rings. The minimum atomic E-state index is -3.02. The number of nitrogens with zero attached hydrogens (tertiary/aromatic N) is 2. The predicted molar refractivity (Wildman–Crippen MR) is 48.6 cm³/mol. The molecule has 1 heterocycles. The fourth-order valence-corrected chi connectivity index (χ4v) is 1.60. The van der Waals surface area contributed by atoms with Gasteiger partial charge in [0.1, 0.15) is 15.3 Å². The SMILES string of the molecule is O=[N+]([O-])c1cc(Br)nc(Cl)c1C(F)F. The summed E-state index contributed by atoms with van der Waals surface area (Å²) in [5.41, 5.74) is -1.60. The van der Waals surface area contributed by atoms with E-state index in [4.69, 9.17) is 11.6 Å². The lowest BCUT2D eigenvalue weighted by atomic mass is 10.2. The first-order chi connectivity index (χ1) is 6.43. The largest absolute Gasteiger partial charge is 0.284 e. The Kier molecular flexibility index (Phi) is 3.33. The van der Waals surface area contributed by atoms with Gasteiger partial charge < -0.3 is 0 Å². The number of hydrogen-bond acceptors (Lipinski definition) is 3. The smallest absolute Gasteiger partial charge is 0.258 e. The van der Waals surface area contributed by atoms with E-state index in [1.54, 1.807) is 0 Å². The lowest BCUT2D eigenvalue weighted by Gasteiger charge is -2.03. The van der Waals surface area contributed by atoms with E-state index in [2.05, 4.69) is 20.9 Å². The maximum atomic E-state index is 12.3. The van der Waals surface area contributed by atoms with Crippen LogP contribution in [0, 0.1) is 10.1 Å².